The lowest BCUT2D eigenvalue weighted by molar-refractivity contribution is -0.120. The van der Waals surface area contributed by atoms with Crippen LogP contribution in [0.3, 0.4) is 0 Å². The van der Waals surface area contributed by atoms with Gasteiger partial charge in [0, 0.05) is 12.6 Å². The lowest BCUT2D eigenvalue weighted by Crippen LogP contribution is -2.40. The summed E-state index contributed by atoms with van der Waals surface area (Å²) in [4.78, 5) is 13.8. The molecule has 0 bridgehead atoms. The third-order valence-corrected chi connectivity index (χ3v) is 3.23. The van der Waals surface area contributed by atoms with Crippen molar-refractivity contribution >= 4 is 5.91 Å². The molecule has 0 saturated carbocycles. The highest BCUT2D eigenvalue weighted by atomic mass is 16.1. The van der Waals surface area contributed by atoms with Crippen molar-refractivity contribution in [3.8, 4) is 0 Å². The molecule has 0 spiro atoms. The molecular weight excluding hydrogens is 202 g/mol. The average molecular weight is 227 g/mol. The van der Waals surface area contributed by atoms with Crippen LogP contribution in [0, 0.1) is 5.92 Å². The zero-order valence-electron chi connectivity index (χ0n) is 10.8. The third kappa shape index (κ3) is 4.94. The molecule has 0 aliphatic carbocycles. The van der Waals surface area contributed by atoms with Crippen molar-refractivity contribution in [1.82, 2.24) is 15.5 Å². The predicted molar refractivity (Wildman–Crippen MR) is 66.4 cm³/mol. The quantitative estimate of drug-likeness (QED) is 0.692. The van der Waals surface area contributed by atoms with Crippen LogP contribution in [0.1, 0.15) is 26.7 Å². The van der Waals surface area contributed by atoms with E-state index in [1.807, 2.05) is 6.92 Å². The van der Waals surface area contributed by atoms with E-state index in [0.29, 0.717) is 12.5 Å². The van der Waals surface area contributed by atoms with Gasteiger partial charge in [-0.1, -0.05) is 6.92 Å². The van der Waals surface area contributed by atoms with Crippen molar-refractivity contribution in [3.05, 3.63) is 0 Å². The van der Waals surface area contributed by atoms with Crippen LogP contribution < -0.4 is 10.6 Å². The van der Waals surface area contributed by atoms with E-state index in [9.17, 15) is 4.79 Å². The summed E-state index contributed by atoms with van der Waals surface area (Å²) >= 11 is 0. The van der Waals surface area contributed by atoms with E-state index in [0.717, 1.165) is 19.5 Å². The first-order valence-electron chi connectivity index (χ1n) is 6.30. The number of likely N-dealkylation sites (tertiary alicyclic amines) is 1. The zero-order valence-corrected chi connectivity index (χ0v) is 10.8. The molecule has 1 aliphatic rings. The Kier molecular flexibility index (Phi) is 5.77. The van der Waals surface area contributed by atoms with Crippen LogP contribution in [0.2, 0.25) is 0 Å². The molecule has 0 aromatic rings. The van der Waals surface area contributed by atoms with Crippen molar-refractivity contribution in [2.75, 3.05) is 33.2 Å². The van der Waals surface area contributed by atoms with Gasteiger partial charge in [-0.05, 0) is 45.8 Å². The number of nitrogens with zero attached hydrogens (tertiary/aromatic N) is 1. The lowest BCUT2D eigenvalue weighted by Gasteiger charge is -2.14. The lowest BCUT2D eigenvalue weighted by atomic mass is 10.1. The first-order chi connectivity index (χ1) is 7.61. The van der Waals surface area contributed by atoms with Gasteiger partial charge < -0.3 is 15.5 Å². The topological polar surface area (TPSA) is 44.4 Å². The van der Waals surface area contributed by atoms with Gasteiger partial charge in [-0.15, -0.1) is 0 Å². The first-order valence-corrected chi connectivity index (χ1v) is 6.30. The van der Waals surface area contributed by atoms with Crippen LogP contribution in [0.4, 0.5) is 0 Å². The normalized spacial score (nSPS) is 23.3. The van der Waals surface area contributed by atoms with E-state index >= 15 is 0 Å². The van der Waals surface area contributed by atoms with Gasteiger partial charge in [0.1, 0.15) is 0 Å². The number of hydrogen-bond donors (Lipinski definition) is 2. The fourth-order valence-corrected chi connectivity index (χ4v) is 2.01. The minimum Gasteiger partial charge on any atom is -0.353 e. The second-order valence-electron chi connectivity index (χ2n) is 4.92. The Labute approximate surface area is 98.8 Å². The fourth-order valence-electron chi connectivity index (χ4n) is 2.01. The molecule has 0 radical (unpaired) electrons. The van der Waals surface area contributed by atoms with Gasteiger partial charge in [0.05, 0.1) is 6.54 Å². The van der Waals surface area contributed by atoms with Crippen LogP contribution in [0.5, 0.6) is 0 Å². The molecule has 0 aromatic heterocycles. The molecule has 4 heteroatoms. The second-order valence-corrected chi connectivity index (χ2v) is 4.92. The summed E-state index contributed by atoms with van der Waals surface area (Å²) in [5.74, 6) is 0.821. The molecule has 2 unspecified atom stereocenters. The summed E-state index contributed by atoms with van der Waals surface area (Å²) in [7, 11) is 2.15. The molecule has 1 heterocycles. The number of nitrogens with one attached hydrogen (secondary N) is 2. The van der Waals surface area contributed by atoms with Crippen LogP contribution >= 0.6 is 0 Å². The van der Waals surface area contributed by atoms with E-state index in [4.69, 9.17) is 0 Å². The van der Waals surface area contributed by atoms with Crippen molar-refractivity contribution in [3.63, 3.8) is 0 Å². The summed E-state index contributed by atoms with van der Waals surface area (Å²) in [6.45, 7) is 7.85. The Hall–Kier alpha value is -0.610. The van der Waals surface area contributed by atoms with Crippen molar-refractivity contribution < 1.29 is 4.79 Å². The Morgan fingerprint density at radius 1 is 1.56 bits per heavy atom. The Bertz CT molecular complexity index is 220. The first kappa shape index (κ1) is 13.5. The largest absolute Gasteiger partial charge is 0.353 e. The molecule has 1 amide bonds. The molecule has 2 atom stereocenters. The standard InChI is InChI=1S/C12H25N3O/c1-4-10(2)14-12(16)8-13-7-11-5-6-15(3)9-11/h10-11,13H,4-9H2,1-3H3,(H,14,16). The predicted octanol–water partition coefficient (Wildman–Crippen LogP) is 0.442. The summed E-state index contributed by atoms with van der Waals surface area (Å²) < 4.78 is 0. The SMILES string of the molecule is CCC(C)NC(=O)CNCC1CCN(C)C1. The van der Waals surface area contributed by atoms with Gasteiger partial charge in [0.15, 0.2) is 0 Å². The Balaban J connectivity index is 2.04. The maximum absolute atomic E-state index is 11.5. The zero-order chi connectivity index (χ0) is 12.0. The average Bonchev–Trinajstić information content (AvgIpc) is 2.64. The number of hydrogen-bond acceptors (Lipinski definition) is 3. The van der Waals surface area contributed by atoms with Crippen molar-refractivity contribution in [2.24, 2.45) is 5.92 Å². The summed E-state index contributed by atoms with van der Waals surface area (Å²) in [5.41, 5.74) is 0. The molecule has 0 aromatic carbocycles. The maximum atomic E-state index is 11.5. The van der Waals surface area contributed by atoms with E-state index in [-0.39, 0.29) is 11.9 Å². The fraction of sp³-hybridized carbons (Fsp3) is 0.917. The molecule has 1 rings (SSSR count). The number of amides is 1. The molecule has 1 aliphatic heterocycles. The van der Waals surface area contributed by atoms with E-state index in [2.05, 4.69) is 29.5 Å². The molecule has 16 heavy (non-hydrogen) atoms. The highest BCUT2D eigenvalue weighted by molar-refractivity contribution is 5.78. The Morgan fingerprint density at radius 2 is 2.31 bits per heavy atom. The minimum absolute atomic E-state index is 0.112. The number of carbonyl (C=O) groups is 1. The van der Waals surface area contributed by atoms with E-state index < -0.39 is 0 Å². The third-order valence-electron chi connectivity index (χ3n) is 3.23. The molecular formula is C12H25N3O. The van der Waals surface area contributed by atoms with Crippen LogP contribution in [-0.2, 0) is 4.79 Å². The van der Waals surface area contributed by atoms with E-state index in [1.165, 1.54) is 13.0 Å². The minimum atomic E-state index is 0.112. The smallest absolute Gasteiger partial charge is 0.234 e. The van der Waals surface area contributed by atoms with Gasteiger partial charge in [-0.2, -0.15) is 0 Å². The summed E-state index contributed by atoms with van der Waals surface area (Å²) in [6.07, 6.45) is 2.23. The molecule has 1 saturated heterocycles. The van der Waals surface area contributed by atoms with Crippen LogP contribution in [0.15, 0.2) is 0 Å². The van der Waals surface area contributed by atoms with Gasteiger partial charge in [-0.3, -0.25) is 4.79 Å². The molecule has 2 N–H and O–H groups in total. The van der Waals surface area contributed by atoms with Gasteiger partial charge in [-0.25, -0.2) is 0 Å². The van der Waals surface area contributed by atoms with Crippen molar-refractivity contribution in [1.29, 1.82) is 0 Å². The number of rotatable bonds is 6. The van der Waals surface area contributed by atoms with E-state index in [1.54, 1.807) is 0 Å². The monoisotopic (exact) mass is 227 g/mol. The van der Waals surface area contributed by atoms with Gasteiger partial charge in [0.2, 0.25) is 5.91 Å². The van der Waals surface area contributed by atoms with Crippen LogP contribution in [-0.4, -0.2) is 50.1 Å². The summed E-state index contributed by atoms with van der Waals surface area (Å²) in [5, 5.41) is 6.19. The number of carbonyl (C=O) groups excluding carboxylic acids is 1. The van der Waals surface area contributed by atoms with Crippen LogP contribution in [0.25, 0.3) is 0 Å². The highest BCUT2D eigenvalue weighted by Crippen LogP contribution is 2.12. The second kappa shape index (κ2) is 6.86. The Morgan fingerprint density at radius 3 is 2.88 bits per heavy atom. The summed E-state index contributed by atoms with van der Waals surface area (Å²) in [6, 6.07) is 0.284. The van der Waals surface area contributed by atoms with Gasteiger partial charge >= 0.3 is 0 Å². The van der Waals surface area contributed by atoms with Crippen molar-refractivity contribution in [2.45, 2.75) is 32.7 Å². The molecule has 1 fully saturated rings. The molecule has 94 valence electrons. The maximum Gasteiger partial charge on any atom is 0.234 e. The highest BCUT2D eigenvalue weighted by Gasteiger charge is 2.18. The molecule has 4 nitrogen and oxygen atoms in total. The van der Waals surface area contributed by atoms with Gasteiger partial charge in [0.25, 0.3) is 0 Å².